The summed E-state index contributed by atoms with van der Waals surface area (Å²) < 4.78 is 24.2. The van der Waals surface area contributed by atoms with Crippen LogP contribution in [0.15, 0.2) is 0 Å². The first kappa shape index (κ1) is 7.92. The van der Waals surface area contributed by atoms with E-state index in [-0.39, 0.29) is 12.5 Å². The van der Waals surface area contributed by atoms with E-state index in [1.54, 1.807) is 0 Å². The molecule has 0 radical (unpaired) electrons. The van der Waals surface area contributed by atoms with Gasteiger partial charge in [-0.25, -0.2) is 0 Å². The molecule has 1 aliphatic rings. The Morgan fingerprint density at radius 1 is 1.30 bits per heavy atom. The lowest BCUT2D eigenvalue weighted by Crippen LogP contribution is -2.42. The summed E-state index contributed by atoms with van der Waals surface area (Å²) in [4.78, 5) is 0. The van der Waals surface area contributed by atoms with Gasteiger partial charge in [0.05, 0.1) is 13.3 Å². The second-order valence-corrected chi connectivity index (χ2v) is 3.22. The average Bonchev–Trinajstić information content (AvgIpc) is 1.89. The average molecular weight is 150 g/mol. The van der Waals surface area contributed by atoms with Crippen molar-refractivity contribution in [2.24, 2.45) is 11.3 Å². The van der Waals surface area contributed by atoms with Gasteiger partial charge in [0.15, 0.2) is 0 Å². The van der Waals surface area contributed by atoms with E-state index < -0.39 is 18.8 Å². The summed E-state index contributed by atoms with van der Waals surface area (Å²) in [6.45, 7) is -1.10. The van der Waals surface area contributed by atoms with Gasteiger partial charge in [0.1, 0.15) is 0 Å². The molecule has 1 rings (SSSR count). The highest BCUT2D eigenvalue weighted by Crippen LogP contribution is 2.45. The molecule has 0 heterocycles. The van der Waals surface area contributed by atoms with Gasteiger partial charge in [0.2, 0.25) is 0 Å². The van der Waals surface area contributed by atoms with Crippen molar-refractivity contribution in [2.75, 3.05) is 20.0 Å². The van der Waals surface area contributed by atoms with Crippen LogP contribution in [0, 0.1) is 11.3 Å². The van der Waals surface area contributed by atoms with E-state index in [0.717, 1.165) is 0 Å². The van der Waals surface area contributed by atoms with E-state index in [9.17, 15) is 8.78 Å². The van der Waals surface area contributed by atoms with Crippen LogP contribution in [0.3, 0.4) is 0 Å². The number of alkyl halides is 2. The molecule has 0 atom stereocenters. The summed E-state index contributed by atoms with van der Waals surface area (Å²) in [6.07, 6.45) is 1.02. The van der Waals surface area contributed by atoms with Gasteiger partial charge in [0.25, 0.3) is 0 Å². The van der Waals surface area contributed by atoms with Crippen LogP contribution in [0.1, 0.15) is 12.8 Å². The summed E-state index contributed by atoms with van der Waals surface area (Å²) in [5.41, 5.74) is -0.715. The zero-order valence-corrected chi connectivity index (χ0v) is 5.82. The van der Waals surface area contributed by atoms with Crippen molar-refractivity contribution < 1.29 is 13.9 Å². The smallest absolute Gasteiger partial charge is 0.0975 e. The zero-order chi connectivity index (χ0) is 7.61. The maximum atomic E-state index is 12.1. The Morgan fingerprint density at radius 3 is 2.10 bits per heavy atom. The molecule has 0 aliphatic heterocycles. The first-order valence-electron chi connectivity index (χ1n) is 3.49. The van der Waals surface area contributed by atoms with Crippen LogP contribution in [0.25, 0.3) is 0 Å². The van der Waals surface area contributed by atoms with Gasteiger partial charge in [-0.2, -0.15) is 0 Å². The highest BCUT2D eigenvalue weighted by molar-refractivity contribution is 4.92. The minimum atomic E-state index is -0.715. The van der Waals surface area contributed by atoms with Gasteiger partial charge < -0.3 is 5.11 Å². The molecule has 1 saturated carbocycles. The van der Waals surface area contributed by atoms with Crippen molar-refractivity contribution in [3.8, 4) is 0 Å². The van der Waals surface area contributed by atoms with Crippen molar-refractivity contribution in [3.05, 3.63) is 0 Å². The Morgan fingerprint density at radius 2 is 1.80 bits per heavy atom. The van der Waals surface area contributed by atoms with Gasteiger partial charge in [-0.1, -0.05) is 0 Å². The first-order chi connectivity index (χ1) is 4.76. The largest absolute Gasteiger partial charge is 0.396 e. The molecule has 3 heteroatoms. The van der Waals surface area contributed by atoms with Gasteiger partial charge in [-0.05, 0) is 18.8 Å². The molecule has 10 heavy (non-hydrogen) atoms. The van der Waals surface area contributed by atoms with Gasteiger partial charge >= 0.3 is 0 Å². The molecule has 60 valence electrons. The molecular weight excluding hydrogens is 138 g/mol. The Kier molecular flexibility index (Phi) is 2.24. The van der Waals surface area contributed by atoms with Gasteiger partial charge in [-0.15, -0.1) is 0 Å². The molecule has 0 amide bonds. The van der Waals surface area contributed by atoms with Crippen molar-refractivity contribution in [1.82, 2.24) is 0 Å². The topological polar surface area (TPSA) is 20.2 Å². The molecular formula is C7H12F2O. The fourth-order valence-electron chi connectivity index (χ4n) is 1.55. The highest BCUT2D eigenvalue weighted by atomic mass is 19.1. The summed E-state index contributed by atoms with van der Waals surface area (Å²) in [5.74, 6) is 0.145. The molecule has 1 N–H and O–H groups in total. The molecule has 0 aromatic rings. The monoisotopic (exact) mass is 150 g/mol. The zero-order valence-electron chi connectivity index (χ0n) is 5.82. The van der Waals surface area contributed by atoms with Crippen LogP contribution in [0.5, 0.6) is 0 Å². The van der Waals surface area contributed by atoms with Gasteiger partial charge in [-0.3, -0.25) is 8.78 Å². The summed E-state index contributed by atoms with van der Waals surface area (Å²) in [6, 6.07) is 0. The summed E-state index contributed by atoms with van der Waals surface area (Å²) >= 11 is 0. The van der Waals surface area contributed by atoms with E-state index >= 15 is 0 Å². The second-order valence-electron chi connectivity index (χ2n) is 3.22. The summed E-state index contributed by atoms with van der Waals surface area (Å²) in [5, 5.41) is 8.56. The van der Waals surface area contributed by atoms with Crippen LogP contribution in [-0.4, -0.2) is 25.1 Å². The molecule has 1 fully saturated rings. The standard InChI is InChI=1S/C7H12F2O/c8-4-7(5-9)1-6(2-7)3-10/h6,10H,1-5H2. The fraction of sp³-hybridized carbons (Fsp3) is 1.00. The Hall–Kier alpha value is -0.180. The number of aliphatic hydroxyl groups excluding tert-OH is 1. The van der Waals surface area contributed by atoms with E-state index in [0.29, 0.717) is 12.8 Å². The molecule has 0 aromatic carbocycles. The van der Waals surface area contributed by atoms with Crippen molar-refractivity contribution in [2.45, 2.75) is 12.8 Å². The number of aliphatic hydroxyl groups is 1. The normalized spacial score (nSPS) is 24.3. The maximum Gasteiger partial charge on any atom is 0.0975 e. The third-order valence-corrected chi connectivity index (χ3v) is 2.27. The first-order valence-corrected chi connectivity index (χ1v) is 3.49. The molecule has 1 aliphatic carbocycles. The van der Waals surface area contributed by atoms with Crippen LogP contribution >= 0.6 is 0 Å². The van der Waals surface area contributed by atoms with Crippen molar-refractivity contribution >= 4 is 0 Å². The molecule has 0 aromatic heterocycles. The number of halogens is 2. The minimum absolute atomic E-state index is 0.0712. The van der Waals surface area contributed by atoms with Crippen molar-refractivity contribution in [3.63, 3.8) is 0 Å². The van der Waals surface area contributed by atoms with E-state index in [1.165, 1.54) is 0 Å². The summed E-state index contributed by atoms with van der Waals surface area (Å²) in [7, 11) is 0. The molecule has 1 nitrogen and oxygen atoms in total. The molecule has 0 unspecified atom stereocenters. The predicted molar refractivity (Wildman–Crippen MR) is 34.2 cm³/mol. The Balaban J connectivity index is 2.31. The maximum absolute atomic E-state index is 12.1. The Bertz CT molecular complexity index is 104. The third-order valence-electron chi connectivity index (χ3n) is 2.27. The van der Waals surface area contributed by atoms with Crippen molar-refractivity contribution in [1.29, 1.82) is 0 Å². The van der Waals surface area contributed by atoms with E-state index in [1.807, 2.05) is 0 Å². The highest BCUT2D eigenvalue weighted by Gasteiger charge is 2.44. The minimum Gasteiger partial charge on any atom is -0.396 e. The quantitative estimate of drug-likeness (QED) is 0.643. The fourth-order valence-corrected chi connectivity index (χ4v) is 1.55. The number of rotatable bonds is 3. The van der Waals surface area contributed by atoms with E-state index in [4.69, 9.17) is 5.11 Å². The molecule has 0 bridgehead atoms. The van der Waals surface area contributed by atoms with Crippen LogP contribution < -0.4 is 0 Å². The van der Waals surface area contributed by atoms with Crippen LogP contribution in [0.2, 0.25) is 0 Å². The molecule has 0 saturated heterocycles. The SMILES string of the molecule is OCC1CC(CF)(CF)C1. The lowest BCUT2D eigenvalue weighted by Gasteiger charge is -2.43. The number of hydrogen-bond acceptors (Lipinski definition) is 1. The van der Waals surface area contributed by atoms with Crippen LogP contribution in [-0.2, 0) is 0 Å². The van der Waals surface area contributed by atoms with Gasteiger partial charge in [0, 0.05) is 12.0 Å². The Labute approximate surface area is 59.0 Å². The second kappa shape index (κ2) is 2.82. The number of hydrogen-bond donors (Lipinski definition) is 1. The lowest BCUT2D eigenvalue weighted by atomic mass is 9.64. The third kappa shape index (κ3) is 1.15. The van der Waals surface area contributed by atoms with Crippen LogP contribution in [0.4, 0.5) is 8.78 Å². The molecule has 0 spiro atoms. The predicted octanol–water partition coefficient (Wildman–Crippen LogP) is 1.31. The van der Waals surface area contributed by atoms with E-state index in [2.05, 4.69) is 0 Å². The lowest BCUT2D eigenvalue weighted by molar-refractivity contribution is -0.0210.